The Kier molecular flexibility index (Phi) is 9.34. The number of nitrogens with one attached hydrogen (secondary N) is 4. The zero-order valence-corrected chi connectivity index (χ0v) is 14.9. The number of carbonyl (C=O) groups excluding carboxylic acids is 3. The van der Waals surface area contributed by atoms with Crippen LogP contribution >= 0.6 is 12.6 Å². The maximum absolute atomic E-state index is 12.2. The van der Waals surface area contributed by atoms with Gasteiger partial charge in [0.05, 0.1) is 19.3 Å². The highest BCUT2D eigenvalue weighted by Gasteiger charge is 2.30. The number of aliphatic carboxylic acids is 1. The molecule has 12 heteroatoms. The first-order chi connectivity index (χ1) is 12.3. The Labute approximate surface area is 155 Å². The van der Waals surface area contributed by atoms with Crippen LogP contribution in [0.3, 0.4) is 0 Å². The normalized spacial score (nSPS) is 19.9. The monoisotopic (exact) mass is 392 g/mol. The molecule has 1 saturated heterocycles. The molecule has 1 heterocycles. The maximum Gasteiger partial charge on any atom is 0.327 e. The van der Waals surface area contributed by atoms with Crippen LogP contribution in [0.5, 0.6) is 0 Å². The summed E-state index contributed by atoms with van der Waals surface area (Å²) in [4.78, 5) is 47.0. The van der Waals surface area contributed by atoms with Gasteiger partial charge < -0.3 is 36.6 Å². The molecule has 0 saturated carbocycles. The molecule has 3 amide bonds. The van der Waals surface area contributed by atoms with Crippen LogP contribution in [0.4, 0.5) is 0 Å². The van der Waals surface area contributed by atoms with Crippen LogP contribution in [-0.4, -0.2) is 88.7 Å². The summed E-state index contributed by atoms with van der Waals surface area (Å²) < 4.78 is 0. The number of carbonyl (C=O) groups is 4. The first-order valence-corrected chi connectivity index (χ1v) is 8.67. The van der Waals surface area contributed by atoms with Gasteiger partial charge in [0, 0.05) is 5.75 Å². The van der Waals surface area contributed by atoms with Crippen LogP contribution < -0.4 is 21.3 Å². The molecule has 26 heavy (non-hydrogen) atoms. The fraction of sp³-hybridized carbons (Fsp3) is 0.714. The Bertz CT molecular complexity index is 527. The van der Waals surface area contributed by atoms with E-state index in [1.807, 2.05) is 0 Å². The number of hydrogen-bond acceptors (Lipinski definition) is 8. The minimum Gasteiger partial charge on any atom is -0.480 e. The largest absolute Gasteiger partial charge is 0.480 e. The van der Waals surface area contributed by atoms with E-state index in [9.17, 15) is 29.4 Å². The van der Waals surface area contributed by atoms with E-state index in [1.54, 1.807) is 0 Å². The van der Waals surface area contributed by atoms with Crippen molar-refractivity contribution < 1.29 is 34.5 Å². The average Bonchev–Trinajstić information content (AvgIpc) is 3.15. The molecule has 11 nitrogen and oxygen atoms in total. The minimum absolute atomic E-state index is 0.184. The van der Waals surface area contributed by atoms with Crippen molar-refractivity contribution in [1.29, 1.82) is 0 Å². The van der Waals surface area contributed by atoms with Crippen LogP contribution in [-0.2, 0) is 19.2 Å². The Balaban J connectivity index is 2.63. The SMILES string of the molecule is O=C(O)C(CS)NC(=O)C(CO)NC(=O)C(CO)NC(=O)C1CCCN1. The standard InChI is InChI=1S/C14H24N4O7S/c19-4-8(16-11(21)7-2-1-3-15-7)12(22)17-9(5-20)13(23)18-10(6-26)14(24)25/h7-10,15,19-20,26H,1-6H2,(H,16,21)(H,17,22)(H,18,23)(H,24,25). The molecule has 0 aromatic heterocycles. The summed E-state index contributed by atoms with van der Waals surface area (Å²) in [6.07, 6.45) is 1.42. The highest BCUT2D eigenvalue weighted by Crippen LogP contribution is 2.05. The lowest BCUT2D eigenvalue weighted by Crippen LogP contribution is -2.59. The quantitative estimate of drug-likeness (QED) is 0.174. The van der Waals surface area contributed by atoms with Gasteiger partial charge in [-0.1, -0.05) is 0 Å². The van der Waals surface area contributed by atoms with E-state index in [0.29, 0.717) is 13.0 Å². The molecule has 148 valence electrons. The van der Waals surface area contributed by atoms with Crippen molar-refractivity contribution >= 4 is 36.3 Å². The number of carboxylic acids is 1. The average molecular weight is 392 g/mol. The van der Waals surface area contributed by atoms with Gasteiger partial charge in [0.1, 0.15) is 18.1 Å². The van der Waals surface area contributed by atoms with Gasteiger partial charge in [-0.05, 0) is 19.4 Å². The third kappa shape index (κ3) is 6.44. The van der Waals surface area contributed by atoms with Gasteiger partial charge in [-0.25, -0.2) is 4.79 Å². The van der Waals surface area contributed by atoms with Crippen LogP contribution in [0.15, 0.2) is 0 Å². The van der Waals surface area contributed by atoms with E-state index in [-0.39, 0.29) is 5.75 Å². The lowest BCUT2D eigenvalue weighted by Gasteiger charge is -2.23. The highest BCUT2D eigenvalue weighted by atomic mass is 32.1. The van der Waals surface area contributed by atoms with Gasteiger partial charge in [-0.3, -0.25) is 14.4 Å². The summed E-state index contributed by atoms with van der Waals surface area (Å²) in [5.74, 6) is -3.77. The first-order valence-electron chi connectivity index (χ1n) is 8.03. The van der Waals surface area contributed by atoms with Crippen molar-refractivity contribution in [2.24, 2.45) is 0 Å². The van der Waals surface area contributed by atoms with Crippen molar-refractivity contribution in [3.8, 4) is 0 Å². The minimum atomic E-state index is -1.44. The topological polar surface area (TPSA) is 177 Å². The molecule has 0 radical (unpaired) electrons. The molecular weight excluding hydrogens is 368 g/mol. The third-order valence-corrected chi connectivity index (χ3v) is 4.17. The molecular formula is C14H24N4O7S. The number of aliphatic hydroxyl groups is 2. The molecule has 0 bridgehead atoms. The predicted octanol–water partition coefficient (Wildman–Crippen LogP) is -3.81. The summed E-state index contributed by atoms with van der Waals surface area (Å²) in [7, 11) is 0. The van der Waals surface area contributed by atoms with Gasteiger partial charge in [-0.2, -0.15) is 12.6 Å². The van der Waals surface area contributed by atoms with Gasteiger partial charge in [0.2, 0.25) is 17.7 Å². The lowest BCUT2D eigenvalue weighted by atomic mass is 10.2. The predicted molar refractivity (Wildman–Crippen MR) is 92.5 cm³/mol. The Morgan fingerprint density at radius 3 is 1.96 bits per heavy atom. The second-order valence-electron chi connectivity index (χ2n) is 5.72. The Hall–Kier alpha value is -1.89. The molecule has 0 aromatic rings. The summed E-state index contributed by atoms with van der Waals surface area (Å²) in [6.45, 7) is -0.831. The number of hydrogen-bond donors (Lipinski definition) is 8. The van der Waals surface area contributed by atoms with E-state index < -0.39 is 61.1 Å². The molecule has 0 aromatic carbocycles. The van der Waals surface area contributed by atoms with Crippen LogP contribution in [0.25, 0.3) is 0 Å². The van der Waals surface area contributed by atoms with Crippen LogP contribution in [0.2, 0.25) is 0 Å². The molecule has 7 N–H and O–H groups in total. The molecule has 1 rings (SSSR count). The molecule has 1 fully saturated rings. The second-order valence-corrected chi connectivity index (χ2v) is 6.08. The van der Waals surface area contributed by atoms with Crippen molar-refractivity contribution in [2.45, 2.75) is 37.0 Å². The maximum atomic E-state index is 12.2. The Morgan fingerprint density at radius 2 is 1.54 bits per heavy atom. The van der Waals surface area contributed by atoms with Gasteiger partial charge in [-0.15, -0.1) is 0 Å². The summed E-state index contributed by atoms with van der Waals surface area (Å²) in [5.41, 5.74) is 0. The fourth-order valence-corrected chi connectivity index (χ4v) is 2.55. The zero-order chi connectivity index (χ0) is 19.7. The van der Waals surface area contributed by atoms with Gasteiger partial charge in [0.15, 0.2) is 0 Å². The van der Waals surface area contributed by atoms with E-state index in [0.717, 1.165) is 6.42 Å². The molecule has 1 aliphatic rings. The molecule has 0 spiro atoms. The Morgan fingerprint density at radius 1 is 1.00 bits per heavy atom. The molecule has 4 atom stereocenters. The summed E-state index contributed by atoms with van der Waals surface area (Å²) in [5, 5.41) is 37.1. The molecule has 4 unspecified atom stereocenters. The smallest absolute Gasteiger partial charge is 0.327 e. The fourth-order valence-electron chi connectivity index (χ4n) is 2.30. The van der Waals surface area contributed by atoms with E-state index >= 15 is 0 Å². The lowest BCUT2D eigenvalue weighted by molar-refractivity contribution is -0.142. The van der Waals surface area contributed by atoms with Gasteiger partial charge >= 0.3 is 5.97 Å². The zero-order valence-electron chi connectivity index (χ0n) is 14.0. The van der Waals surface area contributed by atoms with Gasteiger partial charge in [0.25, 0.3) is 0 Å². The van der Waals surface area contributed by atoms with Crippen molar-refractivity contribution in [3.05, 3.63) is 0 Å². The van der Waals surface area contributed by atoms with E-state index in [2.05, 4.69) is 33.9 Å². The summed E-state index contributed by atoms with van der Waals surface area (Å²) in [6, 6.07) is -4.51. The molecule has 1 aliphatic heterocycles. The van der Waals surface area contributed by atoms with E-state index in [4.69, 9.17) is 5.11 Å². The number of carboxylic acid groups (broad SMARTS) is 1. The van der Waals surface area contributed by atoms with Crippen molar-refractivity contribution in [3.63, 3.8) is 0 Å². The van der Waals surface area contributed by atoms with Crippen molar-refractivity contribution in [2.75, 3.05) is 25.5 Å². The van der Waals surface area contributed by atoms with Crippen LogP contribution in [0, 0.1) is 0 Å². The number of thiol groups is 1. The second kappa shape index (κ2) is 11.0. The highest BCUT2D eigenvalue weighted by molar-refractivity contribution is 7.80. The third-order valence-electron chi connectivity index (χ3n) is 3.81. The van der Waals surface area contributed by atoms with Crippen LogP contribution in [0.1, 0.15) is 12.8 Å². The number of aliphatic hydroxyl groups excluding tert-OH is 2. The number of rotatable bonds is 10. The number of amides is 3. The molecule has 0 aliphatic carbocycles. The van der Waals surface area contributed by atoms with E-state index in [1.165, 1.54) is 0 Å². The van der Waals surface area contributed by atoms with Crippen molar-refractivity contribution in [1.82, 2.24) is 21.3 Å². The first kappa shape index (κ1) is 22.2. The summed E-state index contributed by atoms with van der Waals surface area (Å²) >= 11 is 3.79.